The standard InChI is InChI=1S/C7H12F3N/c8-7(9,10)3-5-1-6(2-5)4-11/h5-6H,1-4,11H2. The highest BCUT2D eigenvalue weighted by Gasteiger charge is 2.38. The van der Waals surface area contributed by atoms with Gasteiger partial charge in [0, 0.05) is 6.42 Å². The summed E-state index contributed by atoms with van der Waals surface area (Å²) >= 11 is 0. The average molecular weight is 167 g/mol. The van der Waals surface area contributed by atoms with Crippen molar-refractivity contribution < 1.29 is 13.2 Å². The molecule has 2 N–H and O–H groups in total. The van der Waals surface area contributed by atoms with Gasteiger partial charge in [0.15, 0.2) is 0 Å². The highest BCUT2D eigenvalue weighted by Crippen LogP contribution is 2.40. The molecule has 1 aliphatic carbocycles. The summed E-state index contributed by atoms with van der Waals surface area (Å²) in [6.07, 6.45) is -3.28. The van der Waals surface area contributed by atoms with Crippen LogP contribution >= 0.6 is 0 Å². The molecule has 0 aliphatic heterocycles. The Bertz CT molecular complexity index is 126. The third-order valence-corrected chi connectivity index (χ3v) is 2.19. The van der Waals surface area contributed by atoms with Crippen LogP contribution < -0.4 is 5.73 Å². The zero-order chi connectivity index (χ0) is 8.48. The molecule has 11 heavy (non-hydrogen) atoms. The smallest absolute Gasteiger partial charge is 0.330 e. The molecule has 0 atom stereocenters. The maximum absolute atomic E-state index is 11.7. The predicted molar refractivity (Wildman–Crippen MR) is 35.9 cm³/mol. The number of nitrogens with two attached hydrogens (primary N) is 1. The number of halogens is 3. The largest absolute Gasteiger partial charge is 0.389 e. The third kappa shape index (κ3) is 2.69. The number of alkyl halides is 3. The fourth-order valence-electron chi connectivity index (χ4n) is 1.56. The molecule has 0 amide bonds. The van der Waals surface area contributed by atoms with Gasteiger partial charge in [-0.3, -0.25) is 0 Å². The molecule has 0 aromatic rings. The van der Waals surface area contributed by atoms with Crippen LogP contribution in [0.15, 0.2) is 0 Å². The molecule has 1 aliphatic rings. The van der Waals surface area contributed by atoms with Crippen molar-refractivity contribution in [2.24, 2.45) is 17.6 Å². The number of hydrogen-bond donors (Lipinski definition) is 1. The monoisotopic (exact) mass is 167 g/mol. The van der Waals surface area contributed by atoms with Crippen LogP contribution in [0, 0.1) is 11.8 Å². The van der Waals surface area contributed by atoms with Gasteiger partial charge in [0.2, 0.25) is 0 Å². The molecular formula is C7H12F3N. The Balaban J connectivity index is 2.14. The van der Waals surface area contributed by atoms with Gasteiger partial charge in [-0.15, -0.1) is 0 Å². The first kappa shape index (κ1) is 8.84. The Hall–Kier alpha value is -0.250. The van der Waals surface area contributed by atoms with E-state index in [4.69, 9.17) is 5.73 Å². The van der Waals surface area contributed by atoms with E-state index in [1.807, 2.05) is 0 Å². The van der Waals surface area contributed by atoms with Crippen LogP contribution in [-0.2, 0) is 0 Å². The molecule has 1 fully saturated rings. The van der Waals surface area contributed by atoms with E-state index in [1.165, 1.54) is 0 Å². The molecule has 0 aromatic heterocycles. The highest BCUT2D eigenvalue weighted by atomic mass is 19.4. The molecule has 1 nitrogen and oxygen atoms in total. The van der Waals surface area contributed by atoms with Crippen LogP contribution in [0.4, 0.5) is 13.2 Å². The molecule has 4 heteroatoms. The van der Waals surface area contributed by atoms with Crippen molar-refractivity contribution in [2.45, 2.75) is 25.4 Å². The second kappa shape index (κ2) is 3.01. The van der Waals surface area contributed by atoms with Crippen molar-refractivity contribution >= 4 is 0 Å². The van der Waals surface area contributed by atoms with E-state index in [0.29, 0.717) is 25.3 Å². The van der Waals surface area contributed by atoms with Crippen molar-refractivity contribution in [3.8, 4) is 0 Å². The summed E-state index contributed by atoms with van der Waals surface area (Å²) in [4.78, 5) is 0. The van der Waals surface area contributed by atoms with E-state index >= 15 is 0 Å². The van der Waals surface area contributed by atoms with E-state index < -0.39 is 12.6 Å². The lowest BCUT2D eigenvalue weighted by Crippen LogP contribution is -2.32. The van der Waals surface area contributed by atoms with Crippen LogP contribution in [-0.4, -0.2) is 12.7 Å². The summed E-state index contributed by atoms with van der Waals surface area (Å²) in [6.45, 7) is 0.536. The van der Waals surface area contributed by atoms with Gasteiger partial charge in [0.05, 0.1) is 0 Å². The van der Waals surface area contributed by atoms with Gasteiger partial charge < -0.3 is 5.73 Å². The van der Waals surface area contributed by atoms with Crippen molar-refractivity contribution in [3.05, 3.63) is 0 Å². The molecule has 1 saturated carbocycles. The van der Waals surface area contributed by atoms with Gasteiger partial charge in [0.1, 0.15) is 0 Å². The summed E-state index contributed by atoms with van der Waals surface area (Å²) in [7, 11) is 0. The molecule has 0 heterocycles. The first-order chi connectivity index (χ1) is 5.01. The quantitative estimate of drug-likeness (QED) is 0.668. The van der Waals surface area contributed by atoms with Crippen LogP contribution in [0.3, 0.4) is 0 Å². The van der Waals surface area contributed by atoms with E-state index in [0.717, 1.165) is 0 Å². The van der Waals surface area contributed by atoms with E-state index in [1.54, 1.807) is 0 Å². The summed E-state index contributed by atoms with van der Waals surface area (Å²) in [5.74, 6) is 0.200. The zero-order valence-electron chi connectivity index (χ0n) is 6.19. The molecule has 0 spiro atoms. The molecule has 1 rings (SSSR count). The first-order valence-corrected chi connectivity index (χ1v) is 3.78. The lowest BCUT2D eigenvalue weighted by Gasteiger charge is -2.34. The zero-order valence-corrected chi connectivity index (χ0v) is 6.19. The Kier molecular flexibility index (Phi) is 2.42. The van der Waals surface area contributed by atoms with Gasteiger partial charge in [0.25, 0.3) is 0 Å². The Morgan fingerprint density at radius 3 is 2.09 bits per heavy atom. The minimum absolute atomic E-state index is 0.149. The van der Waals surface area contributed by atoms with Crippen LogP contribution in [0.2, 0.25) is 0 Å². The summed E-state index contributed by atoms with van der Waals surface area (Å²) in [5, 5.41) is 0. The van der Waals surface area contributed by atoms with Gasteiger partial charge in [-0.2, -0.15) is 13.2 Å². The fourth-order valence-corrected chi connectivity index (χ4v) is 1.56. The van der Waals surface area contributed by atoms with E-state index in [-0.39, 0.29) is 5.92 Å². The van der Waals surface area contributed by atoms with Crippen molar-refractivity contribution in [2.75, 3.05) is 6.54 Å². The van der Waals surface area contributed by atoms with Gasteiger partial charge in [-0.05, 0) is 31.2 Å². The van der Waals surface area contributed by atoms with Crippen LogP contribution in [0.5, 0.6) is 0 Å². The second-order valence-corrected chi connectivity index (χ2v) is 3.26. The van der Waals surface area contributed by atoms with Gasteiger partial charge in [-0.25, -0.2) is 0 Å². The summed E-state index contributed by atoms with van der Waals surface area (Å²) in [5.41, 5.74) is 5.28. The minimum Gasteiger partial charge on any atom is -0.330 e. The molecule has 66 valence electrons. The summed E-state index contributed by atoms with van der Waals surface area (Å²) in [6, 6.07) is 0. The van der Waals surface area contributed by atoms with E-state index in [2.05, 4.69) is 0 Å². The molecular weight excluding hydrogens is 155 g/mol. The first-order valence-electron chi connectivity index (χ1n) is 3.78. The summed E-state index contributed by atoms with van der Waals surface area (Å²) < 4.78 is 35.2. The SMILES string of the molecule is NCC1CC(CC(F)(F)F)C1. The van der Waals surface area contributed by atoms with Crippen molar-refractivity contribution in [1.82, 2.24) is 0 Å². The maximum Gasteiger partial charge on any atom is 0.389 e. The Morgan fingerprint density at radius 2 is 1.73 bits per heavy atom. The predicted octanol–water partition coefficient (Wildman–Crippen LogP) is 1.92. The fraction of sp³-hybridized carbons (Fsp3) is 1.00. The van der Waals surface area contributed by atoms with Gasteiger partial charge >= 0.3 is 6.18 Å². The van der Waals surface area contributed by atoms with Crippen LogP contribution in [0.1, 0.15) is 19.3 Å². The molecule has 0 radical (unpaired) electrons. The third-order valence-electron chi connectivity index (χ3n) is 2.19. The minimum atomic E-state index is -3.98. The molecule has 0 unspecified atom stereocenters. The van der Waals surface area contributed by atoms with Gasteiger partial charge in [-0.1, -0.05) is 0 Å². The topological polar surface area (TPSA) is 26.0 Å². The number of hydrogen-bond acceptors (Lipinski definition) is 1. The second-order valence-electron chi connectivity index (χ2n) is 3.26. The normalized spacial score (nSPS) is 31.6. The molecule has 0 aromatic carbocycles. The average Bonchev–Trinajstić information content (AvgIpc) is 1.75. The Labute approximate surface area is 63.8 Å². The number of rotatable bonds is 2. The van der Waals surface area contributed by atoms with Crippen molar-refractivity contribution in [1.29, 1.82) is 0 Å². The highest BCUT2D eigenvalue weighted by molar-refractivity contribution is 4.81. The Morgan fingerprint density at radius 1 is 1.18 bits per heavy atom. The van der Waals surface area contributed by atoms with Crippen molar-refractivity contribution in [3.63, 3.8) is 0 Å². The van der Waals surface area contributed by atoms with E-state index in [9.17, 15) is 13.2 Å². The molecule has 0 saturated heterocycles. The molecule has 0 bridgehead atoms. The lowest BCUT2D eigenvalue weighted by molar-refractivity contribution is -0.153. The van der Waals surface area contributed by atoms with Crippen LogP contribution in [0.25, 0.3) is 0 Å². The lowest BCUT2D eigenvalue weighted by atomic mass is 9.73. The maximum atomic E-state index is 11.7.